The third kappa shape index (κ3) is 3.72. The van der Waals surface area contributed by atoms with Gasteiger partial charge in [-0.15, -0.1) is 11.3 Å². The highest BCUT2D eigenvalue weighted by molar-refractivity contribution is 7.89. The summed E-state index contributed by atoms with van der Waals surface area (Å²) in [4.78, 5) is 0.720. The lowest BCUT2D eigenvalue weighted by molar-refractivity contribution is -0.137. The summed E-state index contributed by atoms with van der Waals surface area (Å²) < 4.78 is 62.9. The van der Waals surface area contributed by atoms with Gasteiger partial charge in [-0.2, -0.15) is 17.5 Å². The zero-order valence-electron chi connectivity index (χ0n) is 10.8. The second-order valence-corrected chi connectivity index (χ2v) is 7.56. The van der Waals surface area contributed by atoms with Gasteiger partial charge >= 0.3 is 6.18 Å². The van der Waals surface area contributed by atoms with E-state index in [0.29, 0.717) is 23.7 Å². The second-order valence-electron chi connectivity index (χ2n) is 4.68. The smallest absolute Gasteiger partial charge is 0.315 e. The Balaban J connectivity index is 2.25. The molecule has 9 heteroatoms. The quantitative estimate of drug-likeness (QED) is 0.871. The SMILES string of the molecule is CNCc1cc(S(=O)(=O)N(CC(F)(F)F)C2CC2)cs1. The lowest BCUT2D eigenvalue weighted by Gasteiger charge is -2.22. The molecule has 0 aromatic carbocycles. The lowest BCUT2D eigenvalue weighted by Crippen LogP contribution is -2.40. The highest BCUT2D eigenvalue weighted by Gasteiger charge is 2.44. The van der Waals surface area contributed by atoms with E-state index in [-0.39, 0.29) is 4.90 Å². The van der Waals surface area contributed by atoms with Gasteiger partial charge in [-0.1, -0.05) is 0 Å². The van der Waals surface area contributed by atoms with Gasteiger partial charge in [0.25, 0.3) is 0 Å². The number of thiophene rings is 1. The third-order valence-electron chi connectivity index (χ3n) is 2.88. The van der Waals surface area contributed by atoms with Crippen LogP contribution in [0.2, 0.25) is 0 Å². The summed E-state index contributed by atoms with van der Waals surface area (Å²) in [5, 5.41) is 4.27. The fourth-order valence-electron chi connectivity index (χ4n) is 1.85. The second kappa shape index (κ2) is 5.63. The monoisotopic (exact) mass is 328 g/mol. The van der Waals surface area contributed by atoms with Gasteiger partial charge in [-0.3, -0.25) is 0 Å². The summed E-state index contributed by atoms with van der Waals surface area (Å²) in [5.74, 6) is 0. The Morgan fingerprint density at radius 3 is 2.60 bits per heavy atom. The zero-order chi connectivity index (χ0) is 15.0. The molecule has 0 amide bonds. The molecule has 1 aliphatic carbocycles. The van der Waals surface area contributed by atoms with E-state index < -0.39 is 28.8 Å². The van der Waals surface area contributed by atoms with Crippen molar-refractivity contribution >= 4 is 21.4 Å². The van der Waals surface area contributed by atoms with Gasteiger partial charge in [-0.25, -0.2) is 8.42 Å². The molecule has 114 valence electrons. The van der Waals surface area contributed by atoms with E-state index in [2.05, 4.69) is 5.32 Å². The molecule has 1 heterocycles. The van der Waals surface area contributed by atoms with Gasteiger partial charge in [0.1, 0.15) is 6.54 Å². The number of alkyl halides is 3. The van der Waals surface area contributed by atoms with Crippen LogP contribution in [-0.2, 0) is 16.6 Å². The molecule has 0 spiro atoms. The first-order valence-corrected chi connectivity index (χ1v) is 8.36. The van der Waals surface area contributed by atoms with E-state index in [1.54, 1.807) is 7.05 Å². The molecule has 0 aliphatic heterocycles. The van der Waals surface area contributed by atoms with Crippen molar-refractivity contribution in [2.75, 3.05) is 13.6 Å². The molecule has 0 atom stereocenters. The van der Waals surface area contributed by atoms with Gasteiger partial charge in [0.15, 0.2) is 0 Å². The number of nitrogens with one attached hydrogen (secondary N) is 1. The van der Waals surface area contributed by atoms with Crippen LogP contribution in [0, 0.1) is 0 Å². The Labute approximate surface area is 119 Å². The molecule has 1 aliphatic rings. The Bertz CT molecular complexity index is 564. The Hall–Kier alpha value is -0.640. The third-order valence-corrected chi connectivity index (χ3v) is 5.84. The van der Waals surface area contributed by atoms with Crippen LogP contribution >= 0.6 is 11.3 Å². The van der Waals surface area contributed by atoms with Gasteiger partial charge < -0.3 is 5.32 Å². The predicted molar refractivity (Wildman–Crippen MR) is 70.1 cm³/mol. The molecule has 1 N–H and O–H groups in total. The number of rotatable bonds is 6. The molecule has 20 heavy (non-hydrogen) atoms. The van der Waals surface area contributed by atoms with Crippen molar-refractivity contribution < 1.29 is 21.6 Å². The summed E-state index contributed by atoms with van der Waals surface area (Å²) in [6.45, 7) is -0.930. The van der Waals surface area contributed by atoms with Gasteiger partial charge in [0.05, 0.1) is 4.90 Å². The van der Waals surface area contributed by atoms with Crippen molar-refractivity contribution in [3.05, 3.63) is 16.3 Å². The Morgan fingerprint density at radius 2 is 2.10 bits per heavy atom. The van der Waals surface area contributed by atoms with Crippen molar-refractivity contribution in [2.45, 2.75) is 36.5 Å². The summed E-state index contributed by atoms with van der Waals surface area (Å²) in [6, 6.07) is 0.914. The van der Waals surface area contributed by atoms with E-state index in [0.717, 1.165) is 4.88 Å². The van der Waals surface area contributed by atoms with Crippen molar-refractivity contribution in [3.8, 4) is 0 Å². The first-order valence-electron chi connectivity index (χ1n) is 6.04. The first kappa shape index (κ1) is 15.7. The van der Waals surface area contributed by atoms with Gasteiger partial charge in [0.2, 0.25) is 10.0 Å². The summed E-state index contributed by atoms with van der Waals surface area (Å²) >= 11 is 1.22. The van der Waals surface area contributed by atoms with E-state index >= 15 is 0 Å². The number of nitrogens with zero attached hydrogens (tertiary/aromatic N) is 1. The van der Waals surface area contributed by atoms with Gasteiger partial charge in [0, 0.05) is 22.8 Å². The molecular weight excluding hydrogens is 313 g/mol. The molecule has 1 aromatic heterocycles. The minimum Gasteiger partial charge on any atom is -0.315 e. The average molecular weight is 328 g/mol. The van der Waals surface area contributed by atoms with Crippen LogP contribution < -0.4 is 5.32 Å². The van der Waals surface area contributed by atoms with Crippen LogP contribution in [0.1, 0.15) is 17.7 Å². The van der Waals surface area contributed by atoms with E-state index in [1.165, 1.54) is 22.8 Å². The molecule has 0 saturated heterocycles. The summed E-state index contributed by atoms with van der Waals surface area (Å²) in [6.07, 6.45) is -3.55. The van der Waals surface area contributed by atoms with Crippen molar-refractivity contribution in [1.82, 2.24) is 9.62 Å². The fourth-order valence-corrected chi connectivity index (χ4v) is 4.79. The average Bonchev–Trinajstić information content (AvgIpc) is 3.04. The largest absolute Gasteiger partial charge is 0.402 e. The Kier molecular flexibility index (Phi) is 4.43. The minimum atomic E-state index is -4.53. The summed E-state index contributed by atoms with van der Waals surface area (Å²) in [5.41, 5.74) is 0. The predicted octanol–water partition coefficient (Wildman–Crippen LogP) is 2.18. The van der Waals surface area contributed by atoms with E-state index in [1.807, 2.05) is 0 Å². The fraction of sp³-hybridized carbons (Fsp3) is 0.636. The highest BCUT2D eigenvalue weighted by Crippen LogP contribution is 2.35. The molecule has 0 unspecified atom stereocenters. The van der Waals surface area contributed by atoms with Crippen LogP contribution in [-0.4, -0.2) is 38.5 Å². The maximum atomic E-state index is 12.6. The highest BCUT2D eigenvalue weighted by atomic mass is 32.2. The molecule has 1 aromatic rings. The maximum Gasteiger partial charge on any atom is 0.402 e. The molecule has 2 rings (SSSR count). The standard InChI is InChI=1S/C11H15F3N2O2S2/c1-15-5-9-4-10(6-19-9)20(17,18)16(8-2-3-8)7-11(12,13)14/h4,6,8,15H,2-3,5,7H2,1H3. The van der Waals surface area contributed by atoms with Crippen LogP contribution in [0.5, 0.6) is 0 Å². The number of halogens is 3. The molecule has 1 saturated carbocycles. The zero-order valence-corrected chi connectivity index (χ0v) is 12.4. The van der Waals surface area contributed by atoms with Crippen molar-refractivity contribution in [1.29, 1.82) is 0 Å². The van der Waals surface area contributed by atoms with E-state index in [9.17, 15) is 21.6 Å². The molecule has 0 radical (unpaired) electrons. The van der Waals surface area contributed by atoms with Crippen molar-refractivity contribution in [2.24, 2.45) is 0 Å². The molecule has 0 bridgehead atoms. The molecular formula is C11H15F3N2O2S2. The van der Waals surface area contributed by atoms with Crippen LogP contribution in [0.4, 0.5) is 13.2 Å². The molecule has 1 fully saturated rings. The van der Waals surface area contributed by atoms with Crippen LogP contribution in [0.15, 0.2) is 16.3 Å². The molecule has 4 nitrogen and oxygen atoms in total. The minimum absolute atomic E-state index is 0.0519. The topological polar surface area (TPSA) is 49.4 Å². The number of hydrogen-bond acceptors (Lipinski definition) is 4. The normalized spacial score (nSPS) is 16.9. The Morgan fingerprint density at radius 1 is 1.45 bits per heavy atom. The maximum absolute atomic E-state index is 12.6. The van der Waals surface area contributed by atoms with Crippen LogP contribution in [0.3, 0.4) is 0 Å². The number of hydrogen-bond donors (Lipinski definition) is 1. The van der Waals surface area contributed by atoms with Gasteiger partial charge in [-0.05, 0) is 26.0 Å². The summed E-state index contributed by atoms with van der Waals surface area (Å²) in [7, 11) is -2.36. The van der Waals surface area contributed by atoms with Crippen LogP contribution in [0.25, 0.3) is 0 Å². The lowest BCUT2D eigenvalue weighted by atomic mass is 10.5. The van der Waals surface area contributed by atoms with Crippen molar-refractivity contribution in [3.63, 3.8) is 0 Å². The van der Waals surface area contributed by atoms with E-state index in [4.69, 9.17) is 0 Å². The first-order chi connectivity index (χ1) is 9.24. The number of sulfonamides is 1.